The second-order valence-corrected chi connectivity index (χ2v) is 6.59. The number of hydrogen-bond donors (Lipinski definition) is 1. The van der Waals surface area contributed by atoms with Crippen molar-refractivity contribution >= 4 is 33.2 Å². The number of carbonyl (C=O) groups excluding carboxylic acids is 1. The van der Waals surface area contributed by atoms with Crippen LogP contribution in [0.5, 0.6) is 0 Å². The van der Waals surface area contributed by atoms with Crippen LogP contribution in [0.15, 0.2) is 23.1 Å². The van der Waals surface area contributed by atoms with Crippen molar-refractivity contribution < 1.29 is 27.9 Å². The van der Waals surface area contributed by atoms with Gasteiger partial charge in [0.15, 0.2) is 9.84 Å². The summed E-state index contributed by atoms with van der Waals surface area (Å²) in [6.07, 6.45) is 0. The molecule has 1 aliphatic rings. The second kappa shape index (κ2) is 4.92. The summed E-state index contributed by atoms with van der Waals surface area (Å²) in [6, 6.07) is 3.32. The van der Waals surface area contributed by atoms with Gasteiger partial charge < -0.3 is 9.84 Å². The van der Waals surface area contributed by atoms with Gasteiger partial charge in [-0.1, -0.05) is 11.6 Å². The van der Waals surface area contributed by atoms with Crippen molar-refractivity contribution in [3.8, 4) is 0 Å². The second-order valence-electron chi connectivity index (χ2n) is 3.98. The van der Waals surface area contributed by atoms with E-state index in [1.54, 1.807) is 0 Å². The van der Waals surface area contributed by atoms with E-state index in [0.717, 1.165) is 18.2 Å². The van der Waals surface area contributed by atoms with Crippen LogP contribution in [0, 0.1) is 0 Å². The zero-order chi connectivity index (χ0) is 14.2. The van der Waals surface area contributed by atoms with E-state index in [0.29, 0.717) is 0 Å². The van der Waals surface area contributed by atoms with Gasteiger partial charge in [0.25, 0.3) is 5.78 Å². The number of sulfone groups is 1. The van der Waals surface area contributed by atoms with Crippen molar-refractivity contribution in [2.24, 2.45) is 0 Å². The van der Waals surface area contributed by atoms with Gasteiger partial charge in [0.2, 0.25) is 0 Å². The zero-order valence-corrected chi connectivity index (χ0v) is 11.1. The normalized spacial score (nSPS) is 15.8. The van der Waals surface area contributed by atoms with E-state index in [2.05, 4.69) is 0 Å². The summed E-state index contributed by atoms with van der Waals surface area (Å²) < 4.78 is 29.0. The Morgan fingerprint density at radius 1 is 1.32 bits per heavy atom. The lowest BCUT2D eigenvalue weighted by atomic mass is 10.1. The third-order valence-corrected chi connectivity index (χ3v) is 5.28. The van der Waals surface area contributed by atoms with Crippen LogP contribution < -0.4 is 0 Å². The summed E-state index contributed by atoms with van der Waals surface area (Å²) in [4.78, 5) is 21.6. The maximum absolute atomic E-state index is 12.1. The molecule has 0 saturated carbocycles. The van der Waals surface area contributed by atoms with Crippen molar-refractivity contribution in [3.05, 3.63) is 28.8 Å². The first-order valence-corrected chi connectivity index (χ1v) is 7.15. The highest BCUT2D eigenvalue weighted by Crippen LogP contribution is 2.28. The summed E-state index contributed by atoms with van der Waals surface area (Å²) in [5.74, 6) is -2.77. The predicted molar refractivity (Wildman–Crippen MR) is 65.2 cm³/mol. The Labute approximate surface area is 113 Å². The molecule has 2 rings (SSSR count). The molecule has 102 valence electrons. The van der Waals surface area contributed by atoms with Gasteiger partial charge in [0, 0.05) is 5.56 Å². The maximum Gasteiger partial charge on any atom is 0.377 e. The first-order chi connectivity index (χ1) is 8.84. The highest BCUT2D eigenvalue weighted by molar-refractivity contribution is 7.92. The Morgan fingerprint density at radius 2 is 1.95 bits per heavy atom. The van der Waals surface area contributed by atoms with Crippen LogP contribution in [0.2, 0.25) is 5.02 Å². The Morgan fingerprint density at radius 3 is 2.37 bits per heavy atom. The molecule has 1 N–H and O–H groups in total. The third kappa shape index (κ3) is 2.49. The number of carboxylic acids is 1. The molecule has 1 aliphatic heterocycles. The van der Waals surface area contributed by atoms with Gasteiger partial charge in [-0.15, -0.1) is 0 Å². The minimum Gasteiger partial charge on any atom is -0.475 e. The molecule has 1 saturated heterocycles. The van der Waals surface area contributed by atoms with Gasteiger partial charge in [-0.3, -0.25) is 4.79 Å². The zero-order valence-electron chi connectivity index (χ0n) is 9.50. The molecule has 0 amide bonds. The summed E-state index contributed by atoms with van der Waals surface area (Å²) in [6.45, 7) is 0.211. The van der Waals surface area contributed by atoms with E-state index in [4.69, 9.17) is 21.4 Å². The molecular formula is C11H9ClO6S. The highest BCUT2D eigenvalue weighted by Gasteiger charge is 2.35. The van der Waals surface area contributed by atoms with Crippen LogP contribution in [0.4, 0.5) is 0 Å². The van der Waals surface area contributed by atoms with Crippen molar-refractivity contribution in [2.75, 3.05) is 13.2 Å². The number of carbonyl (C=O) groups is 2. The summed E-state index contributed by atoms with van der Waals surface area (Å²) >= 11 is 5.82. The third-order valence-electron chi connectivity index (χ3n) is 2.74. The topological polar surface area (TPSA) is 97.7 Å². The lowest BCUT2D eigenvalue weighted by Gasteiger charge is -2.26. The van der Waals surface area contributed by atoms with Crippen LogP contribution >= 0.6 is 11.6 Å². The molecule has 6 nitrogen and oxygen atoms in total. The molecule has 0 aromatic heterocycles. The van der Waals surface area contributed by atoms with Crippen LogP contribution in [0.1, 0.15) is 10.4 Å². The van der Waals surface area contributed by atoms with Crippen molar-refractivity contribution in [3.63, 3.8) is 0 Å². The average molecular weight is 305 g/mol. The molecule has 0 spiro atoms. The van der Waals surface area contributed by atoms with Gasteiger partial charge in [-0.2, -0.15) is 0 Å². The number of ketones is 1. The van der Waals surface area contributed by atoms with E-state index in [9.17, 15) is 18.0 Å². The predicted octanol–water partition coefficient (Wildman–Crippen LogP) is 0.780. The van der Waals surface area contributed by atoms with E-state index in [1.165, 1.54) is 0 Å². The van der Waals surface area contributed by atoms with Crippen LogP contribution in [-0.4, -0.2) is 43.7 Å². The number of aliphatic carboxylic acids is 1. The summed E-state index contributed by atoms with van der Waals surface area (Å²) in [7, 11) is -3.61. The molecular weight excluding hydrogens is 296 g/mol. The molecule has 0 bridgehead atoms. The quantitative estimate of drug-likeness (QED) is 0.652. The van der Waals surface area contributed by atoms with Crippen molar-refractivity contribution in [1.82, 2.24) is 0 Å². The molecule has 0 radical (unpaired) electrons. The average Bonchev–Trinajstić information content (AvgIpc) is 2.24. The fraction of sp³-hybridized carbons (Fsp3) is 0.273. The number of benzene rings is 1. The van der Waals surface area contributed by atoms with Gasteiger partial charge >= 0.3 is 5.97 Å². The number of halogens is 1. The lowest BCUT2D eigenvalue weighted by Crippen LogP contribution is -2.40. The first kappa shape index (κ1) is 14.0. The number of ether oxygens (including phenoxy) is 1. The minimum absolute atomic E-state index is 0.106. The van der Waals surface area contributed by atoms with Crippen LogP contribution in [0.3, 0.4) is 0 Å². The molecule has 8 heteroatoms. The smallest absolute Gasteiger partial charge is 0.377 e. The van der Waals surface area contributed by atoms with Crippen molar-refractivity contribution in [2.45, 2.75) is 10.1 Å². The van der Waals surface area contributed by atoms with Crippen LogP contribution in [-0.2, 0) is 19.4 Å². The SMILES string of the molecule is O=C(O)C(=O)c1ccc(S(=O)(=O)C2COC2)c(Cl)c1. The number of rotatable bonds is 4. The Bertz CT molecular complexity index is 647. The van der Waals surface area contributed by atoms with Crippen molar-refractivity contribution in [1.29, 1.82) is 0 Å². The first-order valence-electron chi connectivity index (χ1n) is 5.23. The summed E-state index contributed by atoms with van der Waals surface area (Å²) in [5.41, 5.74) is -0.165. The molecule has 19 heavy (non-hydrogen) atoms. The Kier molecular flexibility index (Phi) is 3.62. The molecule has 1 fully saturated rings. The Hall–Kier alpha value is -1.44. The fourth-order valence-corrected chi connectivity index (χ4v) is 3.57. The number of carboxylic acid groups (broad SMARTS) is 1. The lowest BCUT2D eigenvalue weighted by molar-refractivity contribution is -0.131. The molecule has 0 unspecified atom stereocenters. The van der Waals surface area contributed by atoms with E-state index >= 15 is 0 Å². The Balaban J connectivity index is 2.40. The minimum atomic E-state index is -3.61. The van der Waals surface area contributed by atoms with Gasteiger partial charge in [0.05, 0.1) is 23.1 Å². The molecule has 1 aromatic carbocycles. The van der Waals surface area contributed by atoms with E-state index in [1.807, 2.05) is 0 Å². The standard InChI is InChI=1S/C11H9ClO6S/c12-8-3-6(10(13)11(14)15)1-2-9(8)19(16,17)7-4-18-5-7/h1-3,7H,4-5H2,(H,14,15). The molecule has 0 atom stereocenters. The van der Waals surface area contributed by atoms with E-state index < -0.39 is 26.8 Å². The van der Waals surface area contributed by atoms with Crippen LogP contribution in [0.25, 0.3) is 0 Å². The monoisotopic (exact) mass is 304 g/mol. The molecule has 1 aromatic rings. The van der Waals surface area contributed by atoms with Gasteiger partial charge in [-0.05, 0) is 18.2 Å². The number of hydrogen-bond acceptors (Lipinski definition) is 5. The molecule has 1 heterocycles. The highest BCUT2D eigenvalue weighted by atomic mass is 35.5. The largest absolute Gasteiger partial charge is 0.475 e. The van der Waals surface area contributed by atoms with E-state index in [-0.39, 0.29) is 28.7 Å². The van der Waals surface area contributed by atoms with Gasteiger partial charge in [0.1, 0.15) is 5.25 Å². The number of Topliss-reactive ketones (excluding diaryl/α,β-unsaturated/α-hetero) is 1. The fourth-order valence-electron chi connectivity index (χ4n) is 1.57. The van der Waals surface area contributed by atoms with Gasteiger partial charge in [-0.25, -0.2) is 13.2 Å². The summed E-state index contributed by atoms with van der Waals surface area (Å²) in [5, 5.41) is 7.75. The maximum atomic E-state index is 12.1. The molecule has 0 aliphatic carbocycles.